The molecule has 0 spiro atoms. The second-order valence-electron chi connectivity index (χ2n) is 7.78. The number of hydrogen-bond donors (Lipinski definition) is 1. The van der Waals surface area contributed by atoms with E-state index >= 15 is 0 Å². The summed E-state index contributed by atoms with van der Waals surface area (Å²) in [6.45, 7) is 4.46. The molecule has 25 heavy (non-hydrogen) atoms. The molecule has 0 aliphatic heterocycles. The van der Waals surface area contributed by atoms with E-state index in [-0.39, 0.29) is 30.7 Å². The average Bonchev–Trinajstić information content (AvgIpc) is 3.05. The SMILES string of the molecule is CC1(C)C2(C(=O)Nc3cccc4ccccc34)CCC1(C(Br)Br)C2Br. The summed E-state index contributed by atoms with van der Waals surface area (Å²) in [6, 6.07) is 14.2. The van der Waals surface area contributed by atoms with E-state index in [4.69, 9.17) is 0 Å². The first-order chi connectivity index (χ1) is 11.8. The molecule has 3 unspecified atom stereocenters. The number of alkyl halides is 3. The van der Waals surface area contributed by atoms with Crippen molar-refractivity contribution in [3.8, 4) is 0 Å². The van der Waals surface area contributed by atoms with E-state index in [1.165, 1.54) is 0 Å². The van der Waals surface area contributed by atoms with Crippen LogP contribution in [-0.4, -0.2) is 14.5 Å². The van der Waals surface area contributed by atoms with Crippen molar-refractivity contribution in [3.05, 3.63) is 42.5 Å². The molecule has 2 bridgehead atoms. The summed E-state index contributed by atoms with van der Waals surface area (Å²) in [4.78, 5) is 13.6. The van der Waals surface area contributed by atoms with Crippen LogP contribution in [0.3, 0.4) is 0 Å². The van der Waals surface area contributed by atoms with Crippen LogP contribution in [0, 0.1) is 16.2 Å². The van der Waals surface area contributed by atoms with Gasteiger partial charge >= 0.3 is 0 Å². The third-order valence-corrected chi connectivity index (χ3v) is 10.2. The summed E-state index contributed by atoms with van der Waals surface area (Å²) in [7, 11) is 0. The van der Waals surface area contributed by atoms with Crippen LogP contribution in [0.4, 0.5) is 5.69 Å². The van der Waals surface area contributed by atoms with Crippen molar-refractivity contribution in [2.75, 3.05) is 5.32 Å². The molecule has 0 aromatic heterocycles. The van der Waals surface area contributed by atoms with Crippen LogP contribution in [-0.2, 0) is 4.79 Å². The van der Waals surface area contributed by atoms with Crippen LogP contribution >= 0.6 is 47.8 Å². The van der Waals surface area contributed by atoms with Crippen molar-refractivity contribution in [3.63, 3.8) is 0 Å². The Kier molecular flexibility index (Phi) is 4.18. The monoisotopic (exact) mass is 527 g/mol. The Labute approximate surface area is 173 Å². The van der Waals surface area contributed by atoms with Crippen LogP contribution in [0.15, 0.2) is 42.5 Å². The highest BCUT2D eigenvalue weighted by atomic mass is 79.9. The van der Waals surface area contributed by atoms with Gasteiger partial charge < -0.3 is 5.32 Å². The number of fused-ring (bicyclic) bond motifs is 2. The molecule has 2 aromatic rings. The van der Waals surface area contributed by atoms with Gasteiger partial charge in [0.15, 0.2) is 0 Å². The minimum Gasteiger partial charge on any atom is -0.325 e. The van der Waals surface area contributed by atoms with Crippen molar-refractivity contribution in [2.45, 2.75) is 35.3 Å². The fourth-order valence-corrected chi connectivity index (χ4v) is 10.2. The van der Waals surface area contributed by atoms with Crippen molar-refractivity contribution < 1.29 is 4.79 Å². The first-order valence-corrected chi connectivity index (χ1v) is 11.3. The Balaban J connectivity index is 1.71. The predicted molar refractivity (Wildman–Crippen MR) is 115 cm³/mol. The van der Waals surface area contributed by atoms with Gasteiger partial charge in [0.2, 0.25) is 5.91 Å². The minimum absolute atomic E-state index is 0.0447. The highest BCUT2D eigenvalue weighted by Gasteiger charge is 2.83. The van der Waals surface area contributed by atoms with Crippen molar-refractivity contribution in [2.24, 2.45) is 16.2 Å². The lowest BCUT2D eigenvalue weighted by Crippen LogP contribution is -2.71. The Hall–Kier alpha value is -0.390. The second-order valence-corrected chi connectivity index (χ2v) is 11.8. The van der Waals surface area contributed by atoms with Gasteiger partial charge in [0.1, 0.15) is 0 Å². The minimum atomic E-state index is -0.385. The number of nitrogens with one attached hydrogen (secondary N) is 1. The summed E-state index contributed by atoms with van der Waals surface area (Å²) >= 11 is 11.4. The first-order valence-electron chi connectivity index (χ1n) is 8.50. The molecule has 1 amide bonds. The van der Waals surface area contributed by atoms with Gasteiger partial charge in [-0.25, -0.2) is 0 Å². The number of halogens is 3. The number of anilines is 1. The van der Waals surface area contributed by atoms with E-state index in [9.17, 15) is 4.79 Å². The van der Waals surface area contributed by atoms with Gasteiger partial charge in [0, 0.05) is 21.3 Å². The largest absolute Gasteiger partial charge is 0.325 e. The molecule has 3 fully saturated rings. The summed E-state index contributed by atoms with van der Waals surface area (Å²) in [5.41, 5.74) is 0.458. The van der Waals surface area contributed by atoms with Crippen molar-refractivity contribution in [1.82, 2.24) is 0 Å². The van der Waals surface area contributed by atoms with Crippen LogP contribution in [0.5, 0.6) is 0 Å². The van der Waals surface area contributed by atoms with E-state index in [1.54, 1.807) is 0 Å². The van der Waals surface area contributed by atoms with Crippen LogP contribution in [0.2, 0.25) is 0 Å². The summed E-state index contributed by atoms with van der Waals surface area (Å²) < 4.78 is 0.188. The quantitative estimate of drug-likeness (QED) is 0.454. The number of hydrogen-bond acceptors (Lipinski definition) is 1. The van der Waals surface area contributed by atoms with Gasteiger partial charge in [-0.1, -0.05) is 98.0 Å². The van der Waals surface area contributed by atoms with Gasteiger partial charge in [-0.2, -0.15) is 0 Å². The third-order valence-electron chi connectivity index (χ3n) is 6.93. The Bertz CT molecular complexity index is 860. The third kappa shape index (κ3) is 2.03. The van der Waals surface area contributed by atoms with Crippen LogP contribution < -0.4 is 5.32 Å². The standard InChI is InChI=1S/C20H20Br3NO/c1-18(2)19(16(22)23)10-11-20(18,15(19)21)17(25)24-14-9-5-7-12-6-3-4-8-13(12)14/h3-9,15-16H,10-11H2,1-2H3,(H,24,25). The van der Waals surface area contributed by atoms with Gasteiger partial charge in [-0.3, -0.25) is 4.79 Å². The molecule has 2 aromatic carbocycles. The zero-order valence-electron chi connectivity index (χ0n) is 14.2. The number of rotatable bonds is 3. The predicted octanol–water partition coefficient (Wildman–Crippen LogP) is 6.46. The molecule has 3 saturated carbocycles. The number of carbonyl (C=O) groups is 1. The van der Waals surface area contributed by atoms with E-state index in [1.807, 2.05) is 24.3 Å². The summed E-state index contributed by atoms with van der Waals surface area (Å²) in [6.07, 6.45) is 1.93. The Morgan fingerprint density at radius 3 is 2.44 bits per heavy atom. The molecule has 3 atom stereocenters. The Morgan fingerprint density at radius 1 is 1.12 bits per heavy atom. The lowest BCUT2D eigenvalue weighted by atomic mass is 9.43. The molecule has 3 aliphatic rings. The van der Waals surface area contributed by atoms with Crippen molar-refractivity contribution >= 4 is 70.2 Å². The molecule has 5 heteroatoms. The summed E-state index contributed by atoms with van der Waals surface area (Å²) in [5, 5.41) is 5.47. The first kappa shape index (κ1) is 18.0. The molecule has 2 nitrogen and oxygen atoms in total. The molecular weight excluding hydrogens is 510 g/mol. The highest BCUT2D eigenvalue weighted by Crippen LogP contribution is 2.82. The molecule has 1 N–H and O–H groups in total. The zero-order valence-corrected chi connectivity index (χ0v) is 18.9. The molecule has 0 radical (unpaired) electrons. The molecule has 5 rings (SSSR count). The fourth-order valence-electron chi connectivity index (χ4n) is 5.27. The zero-order chi connectivity index (χ0) is 18.0. The van der Waals surface area contributed by atoms with E-state index in [0.717, 1.165) is 29.3 Å². The molecule has 0 heterocycles. The maximum absolute atomic E-state index is 13.4. The smallest absolute Gasteiger partial charge is 0.232 e. The van der Waals surface area contributed by atoms with Gasteiger partial charge in [-0.05, 0) is 29.7 Å². The van der Waals surface area contributed by atoms with Gasteiger partial charge in [-0.15, -0.1) is 0 Å². The molecule has 132 valence electrons. The Morgan fingerprint density at radius 2 is 1.80 bits per heavy atom. The lowest BCUT2D eigenvalue weighted by Gasteiger charge is -2.66. The van der Waals surface area contributed by atoms with Crippen LogP contribution in [0.1, 0.15) is 26.7 Å². The van der Waals surface area contributed by atoms with Crippen LogP contribution in [0.25, 0.3) is 10.8 Å². The number of benzene rings is 2. The van der Waals surface area contributed by atoms with E-state index < -0.39 is 0 Å². The van der Waals surface area contributed by atoms with Crippen molar-refractivity contribution in [1.29, 1.82) is 0 Å². The fraction of sp³-hybridized carbons (Fsp3) is 0.450. The maximum Gasteiger partial charge on any atom is 0.232 e. The molecular formula is C20H20Br3NO. The van der Waals surface area contributed by atoms with E-state index in [2.05, 4.69) is 85.2 Å². The topological polar surface area (TPSA) is 29.1 Å². The van der Waals surface area contributed by atoms with E-state index in [0.29, 0.717) is 0 Å². The summed E-state index contributed by atoms with van der Waals surface area (Å²) in [5.74, 6) is 0.129. The molecule has 3 aliphatic carbocycles. The van der Waals surface area contributed by atoms with Gasteiger partial charge in [0.25, 0.3) is 0 Å². The normalized spacial score (nSPS) is 32.6. The highest BCUT2D eigenvalue weighted by molar-refractivity contribution is 9.24. The number of amides is 1. The molecule has 0 saturated heterocycles. The average molecular weight is 530 g/mol. The van der Waals surface area contributed by atoms with Gasteiger partial charge in [0.05, 0.1) is 9.15 Å². The number of carbonyl (C=O) groups excluding carboxylic acids is 1. The lowest BCUT2D eigenvalue weighted by molar-refractivity contribution is -0.155. The second kappa shape index (κ2) is 5.80. The maximum atomic E-state index is 13.4.